The molecule has 0 bridgehead atoms. The number of hydrogen-bond donors (Lipinski definition) is 0. The van der Waals surface area contributed by atoms with Crippen LogP contribution in [0.25, 0.3) is 128 Å². The fourth-order valence-corrected chi connectivity index (χ4v) is 11.3. The molecule has 0 amide bonds. The number of nitriles is 4. The molecule has 0 saturated heterocycles. The molecule has 14 aromatic rings. The third kappa shape index (κ3) is 7.13. The van der Waals surface area contributed by atoms with Crippen molar-refractivity contribution in [1.29, 1.82) is 21.0 Å². The van der Waals surface area contributed by atoms with Crippen molar-refractivity contribution in [3.05, 3.63) is 247 Å². The van der Waals surface area contributed by atoms with E-state index in [0.717, 1.165) is 66.5 Å². The minimum absolute atomic E-state index is 0.260. The first-order chi connectivity index (χ1) is 38.0. The van der Waals surface area contributed by atoms with Crippen molar-refractivity contribution >= 4 is 65.4 Å². The van der Waals surface area contributed by atoms with Crippen LogP contribution in [0.5, 0.6) is 0 Å². The van der Waals surface area contributed by atoms with Crippen molar-refractivity contribution in [3.63, 3.8) is 0 Å². The number of para-hydroxylation sites is 4. The van der Waals surface area contributed by atoms with Crippen molar-refractivity contribution in [1.82, 2.24) is 23.7 Å². The number of fused-ring (bicyclic) bond motifs is 9. The maximum Gasteiger partial charge on any atom is 0.160 e. The molecule has 0 radical (unpaired) electrons. The van der Waals surface area contributed by atoms with Crippen LogP contribution >= 0.6 is 0 Å². The monoisotopic (exact) mass is 979 g/mol. The number of benzene rings is 10. The minimum Gasteiger partial charge on any atom is -0.309 e. The SMILES string of the molecule is N#Cc1cccc(-c2cc(-c3c(C#N)cc(-c4ccc(-n5c6ccc(-n7c8ccccc8c8ccccc87)cc6c6cc(-n7c8ccccc8c8ccccc87)ccc65)cc4)cc3C#N)nc(-c3cccc(C#N)c3)n2)c1. The molecule has 0 spiro atoms. The molecule has 0 fully saturated rings. The van der Waals surface area contributed by atoms with Crippen LogP contribution in [-0.4, -0.2) is 23.7 Å². The first kappa shape index (κ1) is 44.3. The molecule has 0 aliphatic carbocycles. The van der Waals surface area contributed by atoms with E-state index in [-0.39, 0.29) is 11.1 Å². The second-order valence-electron chi connectivity index (χ2n) is 19.0. The number of nitrogens with zero attached hydrogens (tertiary/aromatic N) is 9. The third-order valence-electron chi connectivity index (χ3n) is 14.8. The van der Waals surface area contributed by atoms with Gasteiger partial charge in [-0.25, -0.2) is 9.97 Å². The first-order valence-corrected chi connectivity index (χ1v) is 25.0. The van der Waals surface area contributed by atoms with Gasteiger partial charge in [-0.3, -0.25) is 0 Å². The van der Waals surface area contributed by atoms with E-state index < -0.39 is 0 Å². The van der Waals surface area contributed by atoms with E-state index in [2.05, 4.69) is 184 Å². The van der Waals surface area contributed by atoms with Crippen LogP contribution < -0.4 is 0 Å². The Kier molecular flexibility index (Phi) is 10.2. The van der Waals surface area contributed by atoms with E-state index in [9.17, 15) is 21.0 Å². The summed E-state index contributed by atoms with van der Waals surface area (Å²) in [5, 5.41) is 48.1. The van der Waals surface area contributed by atoms with Crippen LogP contribution in [0.4, 0.5) is 0 Å². The van der Waals surface area contributed by atoms with Gasteiger partial charge in [0.2, 0.25) is 0 Å². The van der Waals surface area contributed by atoms with E-state index >= 15 is 0 Å². The largest absolute Gasteiger partial charge is 0.309 e. The maximum absolute atomic E-state index is 10.8. The molecule has 4 aromatic heterocycles. The fraction of sp³-hybridized carbons (Fsp3) is 0. The molecule has 0 aliphatic rings. The Morgan fingerprint density at radius 2 is 0.701 bits per heavy atom. The normalized spacial score (nSPS) is 11.3. The van der Waals surface area contributed by atoms with Gasteiger partial charge in [0.05, 0.1) is 91.0 Å². The van der Waals surface area contributed by atoms with Gasteiger partial charge in [-0.15, -0.1) is 0 Å². The Balaban J connectivity index is 0.918. The molecular weight excluding hydrogens is 943 g/mol. The lowest BCUT2D eigenvalue weighted by Gasteiger charge is -2.14. The molecule has 0 atom stereocenters. The Bertz CT molecular complexity index is 4600. The van der Waals surface area contributed by atoms with Gasteiger partial charge in [0, 0.05) is 66.1 Å². The van der Waals surface area contributed by atoms with Crippen LogP contribution in [0, 0.1) is 45.3 Å². The van der Waals surface area contributed by atoms with E-state index in [1.165, 1.54) is 21.5 Å². The zero-order valence-electron chi connectivity index (χ0n) is 40.9. The zero-order chi connectivity index (χ0) is 51.7. The molecule has 354 valence electrons. The minimum atomic E-state index is 0.260. The second kappa shape index (κ2) is 17.7. The van der Waals surface area contributed by atoms with Crippen molar-refractivity contribution < 1.29 is 0 Å². The van der Waals surface area contributed by atoms with Gasteiger partial charge in [-0.2, -0.15) is 21.0 Å². The van der Waals surface area contributed by atoms with E-state index in [1.807, 2.05) is 24.3 Å². The van der Waals surface area contributed by atoms with Crippen molar-refractivity contribution in [2.75, 3.05) is 0 Å². The summed E-state index contributed by atoms with van der Waals surface area (Å²) in [4.78, 5) is 9.80. The van der Waals surface area contributed by atoms with Crippen LogP contribution in [0.2, 0.25) is 0 Å². The van der Waals surface area contributed by atoms with Crippen LogP contribution in [0.15, 0.2) is 224 Å². The number of hydrogen-bond acceptors (Lipinski definition) is 6. The third-order valence-corrected chi connectivity index (χ3v) is 14.8. The lowest BCUT2D eigenvalue weighted by Crippen LogP contribution is -2.00. The smallest absolute Gasteiger partial charge is 0.160 e. The van der Waals surface area contributed by atoms with Gasteiger partial charge in [0.25, 0.3) is 0 Å². The number of rotatable bonds is 7. The zero-order valence-corrected chi connectivity index (χ0v) is 40.9. The Morgan fingerprint density at radius 1 is 0.286 bits per heavy atom. The first-order valence-electron chi connectivity index (χ1n) is 25.0. The molecule has 9 heteroatoms. The highest BCUT2D eigenvalue weighted by molar-refractivity contribution is 6.14. The summed E-state index contributed by atoms with van der Waals surface area (Å²) in [6.45, 7) is 0. The van der Waals surface area contributed by atoms with E-state index in [0.29, 0.717) is 50.6 Å². The van der Waals surface area contributed by atoms with Crippen molar-refractivity contribution in [2.45, 2.75) is 0 Å². The predicted molar refractivity (Wildman–Crippen MR) is 306 cm³/mol. The standard InChI is InChI=1S/C68H37N9/c69-38-42-11-9-13-45(31-42)59-37-60(74-68(73-59)46-14-10-12-43(32-46)39-70)67-48(40-71)33-47(34-49(67)41-72)44-23-25-50(26-24-44)75-65-29-27-51(76-61-19-5-1-15-53(61)54-16-2-6-20-62(54)76)35-57(65)58-36-52(28-30-66(58)75)77-63-21-7-3-17-55(63)56-18-4-8-22-64(56)77/h1-37H. The summed E-state index contributed by atoms with van der Waals surface area (Å²) in [7, 11) is 0. The second-order valence-corrected chi connectivity index (χ2v) is 19.0. The summed E-state index contributed by atoms with van der Waals surface area (Å²) in [6.07, 6.45) is 0. The highest BCUT2D eigenvalue weighted by atomic mass is 15.0. The van der Waals surface area contributed by atoms with E-state index in [1.54, 1.807) is 54.6 Å². The summed E-state index contributed by atoms with van der Waals surface area (Å²) < 4.78 is 7.04. The Labute approximate surface area is 441 Å². The van der Waals surface area contributed by atoms with Gasteiger partial charge in [-0.1, -0.05) is 109 Å². The fourth-order valence-electron chi connectivity index (χ4n) is 11.3. The van der Waals surface area contributed by atoms with E-state index in [4.69, 9.17) is 9.97 Å². The quantitative estimate of drug-likeness (QED) is 0.156. The lowest BCUT2D eigenvalue weighted by molar-refractivity contribution is 1.16. The topological polar surface area (TPSA) is 136 Å². The summed E-state index contributed by atoms with van der Waals surface area (Å²) in [6, 6.07) is 84.6. The summed E-state index contributed by atoms with van der Waals surface area (Å²) >= 11 is 0. The average Bonchev–Trinajstić information content (AvgIpc) is 4.19. The number of aromatic nitrogens is 5. The molecule has 77 heavy (non-hydrogen) atoms. The molecule has 4 heterocycles. The highest BCUT2D eigenvalue weighted by Gasteiger charge is 2.22. The average molecular weight is 980 g/mol. The molecule has 0 saturated carbocycles. The molecule has 14 rings (SSSR count). The van der Waals surface area contributed by atoms with Crippen molar-refractivity contribution in [2.24, 2.45) is 0 Å². The molecule has 0 N–H and O–H groups in total. The Hall–Kier alpha value is -11.4. The van der Waals surface area contributed by atoms with Gasteiger partial charge >= 0.3 is 0 Å². The predicted octanol–water partition coefficient (Wildman–Crippen LogP) is 15.9. The molecular formula is C68H37N9. The van der Waals surface area contributed by atoms with Crippen molar-refractivity contribution in [3.8, 4) is 86.4 Å². The van der Waals surface area contributed by atoms with Crippen LogP contribution in [0.3, 0.4) is 0 Å². The molecule has 10 aromatic carbocycles. The van der Waals surface area contributed by atoms with Gasteiger partial charge in [-0.05, 0) is 126 Å². The maximum atomic E-state index is 10.8. The molecule has 0 unspecified atom stereocenters. The van der Waals surface area contributed by atoms with Crippen LogP contribution in [0.1, 0.15) is 22.3 Å². The highest BCUT2D eigenvalue weighted by Crippen LogP contribution is 2.41. The lowest BCUT2D eigenvalue weighted by atomic mass is 9.92. The van der Waals surface area contributed by atoms with Gasteiger partial charge in [0.1, 0.15) is 0 Å². The van der Waals surface area contributed by atoms with Gasteiger partial charge < -0.3 is 13.7 Å². The summed E-state index contributed by atoms with van der Waals surface area (Å²) in [5.74, 6) is 0.306. The summed E-state index contributed by atoms with van der Waals surface area (Å²) in [5.41, 5.74) is 15.1. The van der Waals surface area contributed by atoms with Crippen LogP contribution in [-0.2, 0) is 0 Å². The molecule has 9 nitrogen and oxygen atoms in total. The van der Waals surface area contributed by atoms with Gasteiger partial charge in [0.15, 0.2) is 5.82 Å². The Morgan fingerprint density at radius 3 is 1.18 bits per heavy atom. The molecule has 0 aliphatic heterocycles.